The van der Waals surface area contributed by atoms with Gasteiger partial charge in [0.15, 0.2) is 0 Å². The molecule has 1 heterocycles. The van der Waals surface area contributed by atoms with Gasteiger partial charge in [0.25, 0.3) is 0 Å². The van der Waals surface area contributed by atoms with E-state index in [1.165, 1.54) is 0 Å². The van der Waals surface area contributed by atoms with Crippen molar-refractivity contribution in [2.45, 2.75) is 29.6 Å². The van der Waals surface area contributed by atoms with Crippen molar-refractivity contribution in [1.29, 1.82) is 0 Å². The van der Waals surface area contributed by atoms with Gasteiger partial charge in [-0.05, 0) is 23.5 Å². The quantitative estimate of drug-likeness (QED) is 0.370. The largest absolute Gasteiger partial charge is 0.393 e. The minimum Gasteiger partial charge on any atom is -0.393 e. The van der Waals surface area contributed by atoms with Crippen LogP contribution in [0.5, 0.6) is 0 Å². The second-order valence-corrected chi connectivity index (χ2v) is 5.05. The van der Waals surface area contributed by atoms with Gasteiger partial charge in [-0.15, -0.1) is 0 Å². The van der Waals surface area contributed by atoms with Crippen molar-refractivity contribution in [3.05, 3.63) is 0 Å². The van der Waals surface area contributed by atoms with E-state index in [9.17, 15) is 13.5 Å². The van der Waals surface area contributed by atoms with Crippen LogP contribution in [-0.2, 0) is 10.3 Å². The third-order valence-corrected chi connectivity index (χ3v) is 3.25. The van der Waals surface area contributed by atoms with Crippen molar-refractivity contribution >= 4 is 41.7 Å². The highest BCUT2D eigenvalue weighted by atomic mass is 32.2. The van der Waals surface area contributed by atoms with Gasteiger partial charge in [-0.2, -0.15) is 8.42 Å². The molecular formula is C5H7B4NO4S. The molecule has 0 amide bonds. The van der Waals surface area contributed by atoms with Crippen LogP contribution < -0.4 is 0 Å². The maximum Gasteiger partial charge on any atom is 0.334 e. The molecule has 1 aliphatic heterocycles. The predicted octanol–water partition coefficient (Wildman–Crippen LogP) is -2.77. The van der Waals surface area contributed by atoms with Gasteiger partial charge in [-0.3, -0.25) is 4.55 Å². The molecule has 0 aromatic carbocycles. The first-order valence-electron chi connectivity index (χ1n) is 4.08. The summed E-state index contributed by atoms with van der Waals surface area (Å²) in [7, 11) is 16.9. The molecule has 0 aromatic heterocycles. The third kappa shape index (κ3) is 2.61. The Labute approximate surface area is 94.1 Å². The van der Waals surface area contributed by atoms with Crippen molar-refractivity contribution in [3.8, 4) is 0 Å². The van der Waals surface area contributed by atoms with E-state index in [-0.39, 0.29) is 17.1 Å². The number of piperidine rings is 1. The van der Waals surface area contributed by atoms with Crippen LogP contribution in [0, 0.1) is 0 Å². The van der Waals surface area contributed by atoms with E-state index in [2.05, 4.69) is 0 Å². The lowest BCUT2D eigenvalue weighted by atomic mass is 9.48. The van der Waals surface area contributed by atoms with Gasteiger partial charge in [0.05, 0.1) is 37.5 Å². The van der Waals surface area contributed by atoms with Crippen LogP contribution >= 0.6 is 0 Å². The first kappa shape index (κ1) is 13.2. The van der Waals surface area contributed by atoms with Crippen LogP contribution in [0.15, 0.2) is 0 Å². The average Bonchev–Trinajstić information content (AvgIpc) is 1.71. The lowest BCUT2D eigenvalue weighted by Gasteiger charge is -2.53. The zero-order chi connectivity index (χ0) is 12.1. The lowest BCUT2D eigenvalue weighted by molar-refractivity contribution is 0.0638. The Balaban J connectivity index is 3.20. The minimum absolute atomic E-state index is 0.194. The fraction of sp³-hybridized carbons (Fsp3) is 1.00. The molecule has 5 nitrogen and oxygen atoms in total. The summed E-state index contributed by atoms with van der Waals surface area (Å²) in [6, 6.07) is 0. The fourth-order valence-electron chi connectivity index (χ4n) is 1.81. The average molecular weight is 220 g/mol. The molecule has 0 unspecified atom stereocenters. The Kier molecular flexibility index (Phi) is 3.11. The van der Waals surface area contributed by atoms with Gasteiger partial charge in [0.2, 0.25) is 0 Å². The second kappa shape index (κ2) is 3.55. The summed E-state index contributed by atoms with van der Waals surface area (Å²) in [6.45, 7) is 0. The minimum atomic E-state index is -4.74. The maximum atomic E-state index is 11.0. The number of aliphatic hydroxyl groups excluding tert-OH is 1. The molecule has 8 radical (unpaired) electrons. The SMILES string of the molecule is [B]C1([B])CC(O)CC([B])([B])N1S(=O)(=O)O. The van der Waals surface area contributed by atoms with Crippen LogP contribution in [0.2, 0.25) is 0 Å². The summed E-state index contributed by atoms with van der Waals surface area (Å²) in [5.74, 6) is 0. The molecule has 0 aromatic rings. The first-order valence-corrected chi connectivity index (χ1v) is 5.48. The summed E-state index contributed by atoms with van der Waals surface area (Å²) in [4.78, 5) is 0. The normalized spacial score (nSPS) is 27.6. The predicted molar refractivity (Wildman–Crippen MR) is 57.1 cm³/mol. The second-order valence-electron chi connectivity index (χ2n) is 3.79. The molecule has 10 heteroatoms. The van der Waals surface area contributed by atoms with Gasteiger partial charge in [0, 0.05) is 0 Å². The zero-order valence-corrected chi connectivity index (χ0v) is 8.68. The summed E-state index contributed by atoms with van der Waals surface area (Å²) in [5, 5.41) is 5.30. The molecule has 0 aliphatic carbocycles. The van der Waals surface area contributed by atoms with Gasteiger partial charge < -0.3 is 5.11 Å². The first-order chi connectivity index (χ1) is 6.47. The fourth-order valence-corrected chi connectivity index (χ4v) is 2.82. The molecule has 0 saturated carbocycles. The Morgan fingerprint density at radius 3 is 1.73 bits per heavy atom. The molecule has 1 fully saturated rings. The molecule has 0 atom stereocenters. The molecule has 1 saturated heterocycles. The topological polar surface area (TPSA) is 77.8 Å². The van der Waals surface area contributed by atoms with Crippen LogP contribution in [0.4, 0.5) is 0 Å². The Hall–Kier alpha value is 0.0897. The van der Waals surface area contributed by atoms with Gasteiger partial charge in [0.1, 0.15) is 0 Å². The Bertz CT molecular complexity index is 338. The van der Waals surface area contributed by atoms with E-state index >= 15 is 0 Å². The Morgan fingerprint density at radius 2 is 1.47 bits per heavy atom. The van der Waals surface area contributed by atoms with Crippen molar-refractivity contribution < 1.29 is 18.1 Å². The van der Waals surface area contributed by atoms with Gasteiger partial charge >= 0.3 is 10.3 Å². The molecular weight excluding hydrogens is 213 g/mol. The summed E-state index contributed by atoms with van der Waals surface area (Å²) in [6.07, 6.45) is -1.58. The molecule has 1 aliphatic rings. The van der Waals surface area contributed by atoms with Gasteiger partial charge in [-0.1, -0.05) is 0 Å². The van der Waals surface area contributed by atoms with E-state index in [1.54, 1.807) is 0 Å². The molecule has 1 rings (SSSR count). The number of rotatable bonds is 1. The summed E-state index contributed by atoms with van der Waals surface area (Å²) < 4.78 is 31.1. The monoisotopic (exact) mass is 221 g/mol. The van der Waals surface area contributed by atoms with E-state index in [1.807, 2.05) is 0 Å². The van der Waals surface area contributed by atoms with Crippen molar-refractivity contribution in [3.63, 3.8) is 0 Å². The van der Waals surface area contributed by atoms with E-state index in [0.29, 0.717) is 0 Å². The third-order valence-electron chi connectivity index (χ3n) is 2.11. The lowest BCUT2D eigenvalue weighted by Crippen LogP contribution is -2.69. The molecule has 0 spiro atoms. The number of aliphatic hydroxyl groups is 1. The maximum absolute atomic E-state index is 11.0. The smallest absolute Gasteiger partial charge is 0.334 e. The zero-order valence-electron chi connectivity index (χ0n) is 7.87. The van der Waals surface area contributed by atoms with Crippen molar-refractivity contribution in [1.82, 2.24) is 4.31 Å². The van der Waals surface area contributed by atoms with E-state index in [0.717, 1.165) is 0 Å². The number of hydrogen-bond acceptors (Lipinski definition) is 3. The molecule has 74 valence electrons. The molecule has 15 heavy (non-hydrogen) atoms. The van der Waals surface area contributed by atoms with Crippen LogP contribution in [0.25, 0.3) is 0 Å². The van der Waals surface area contributed by atoms with Crippen LogP contribution in [0.3, 0.4) is 0 Å². The molecule has 2 N–H and O–H groups in total. The Morgan fingerprint density at radius 1 is 1.13 bits per heavy atom. The van der Waals surface area contributed by atoms with E-state index in [4.69, 9.17) is 35.9 Å². The molecule has 0 bridgehead atoms. The van der Waals surface area contributed by atoms with Crippen molar-refractivity contribution in [2.75, 3.05) is 0 Å². The van der Waals surface area contributed by atoms with E-state index < -0.39 is 27.1 Å². The highest BCUT2D eigenvalue weighted by Crippen LogP contribution is 2.34. The summed E-state index contributed by atoms with van der Waals surface area (Å²) >= 11 is 0. The summed E-state index contributed by atoms with van der Waals surface area (Å²) in [5.41, 5.74) is 0. The number of hydrogen-bond donors (Lipinski definition) is 2. The number of nitrogens with zero attached hydrogens (tertiary/aromatic N) is 1. The highest BCUT2D eigenvalue weighted by Gasteiger charge is 2.48. The van der Waals surface area contributed by atoms with Crippen LogP contribution in [0.1, 0.15) is 12.8 Å². The highest BCUT2D eigenvalue weighted by molar-refractivity contribution is 7.83. The van der Waals surface area contributed by atoms with Crippen molar-refractivity contribution in [2.24, 2.45) is 0 Å². The van der Waals surface area contributed by atoms with Crippen LogP contribution in [-0.4, -0.2) is 70.5 Å². The van der Waals surface area contributed by atoms with Gasteiger partial charge in [-0.25, -0.2) is 4.31 Å². The standard InChI is InChI=1S/C5H7B4NO4S/c6-4(7)1-3(11)2-5(8,9)10(4)15(12,13)14/h3,11H,1-2H2,(H,12,13,14).